The van der Waals surface area contributed by atoms with Crippen LogP contribution in [0.15, 0.2) is 24.4 Å². The van der Waals surface area contributed by atoms with Crippen LogP contribution in [0, 0.1) is 0 Å². The number of esters is 1. The summed E-state index contributed by atoms with van der Waals surface area (Å²) in [6, 6.07) is 5.51. The first-order chi connectivity index (χ1) is 12.0. The van der Waals surface area contributed by atoms with E-state index >= 15 is 0 Å². The molecule has 0 bridgehead atoms. The van der Waals surface area contributed by atoms with E-state index in [9.17, 15) is 9.59 Å². The fourth-order valence-electron chi connectivity index (χ4n) is 3.15. The zero-order valence-corrected chi connectivity index (χ0v) is 15.4. The molecule has 0 aliphatic carbocycles. The average molecular weight is 382 g/mol. The zero-order chi connectivity index (χ0) is 18.0. The summed E-state index contributed by atoms with van der Waals surface area (Å²) in [5, 5.41) is 1.01. The van der Waals surface area contributed by atoms with Crippen molar-refractivity contribution >= 4 is 35.0 Å². The smallest absolute Gasteiger partial charge is 0.313 e. The highest BCUT2D eigenvalue weighted by atomic mass is 35.5. The van der Waals surface area contributed by atoms with Crippen LogP contribution in [-0.4, -0.2) is 22.9 Å². The molecule has 1 aliphatic rings. The lowest BCUT2D eigenvalue weighted by Gasteiger charge is -2.01. The monoisotopic (exact) mass is 381 g/mol. The lowest BCUT2D eigenvalue weighted by molar-refractivity contribution is -0.690. The molecule has 25 heavy (non-hydrogen) atoms. The van der Waals surface area contributed by atoms with E-state index < -0.39 is 5.97 Å². The van der Waals surface area contributed by atoms with E-state index in [1.165, 1.54) is 0 Å². The summed E-state index contributed by atoms with van der Waals surface area (Å²) in [7, 11) is 0. The molecule has 0 radical (unpaired) electrons. The Bertz CT molecular complexity index is 830. The van der Waals surface area contributed by atoms with Gasteiger partial charge in [0, 0.05) is 5.56 Å². The molecule has 0 fully saturated rings. The van der Waals surface area contributed by atoms with Crippen molar-refractivity contribution in [3.8, 4) is 11.3 Å². The molecule has 0 N–H and O–H groups in total. The maximum Gasteiger partial charge on any atom is 0.313 e. The van der Waals surface area contributed by atoms with Crippen molar-refractivity contribution in [1.82, 2.24) is 4.57 Å². The fraction of sp³-hybridized carbons (Fsp3) is 0.389. The molecule has 0 saturated heterocycles. The number of ether oxygens (including phenoxy) is 1. The molecule has 0 spiro atoms. The number of ketones is 1. The van der Waals surface area contributed by atoms with Crippen molar-refractivity contribution in [2.45, 2.75) is 39.3 Å². The van der Waals surface area contributed by atoms with Crippen molar-refractivity contribution in [2.24, 2.45) is 0 Å². The number of rotatable bonds is 6. The van der Waals surface area contributed by atoms with Gasteiger partial charge in [-0.25, -0.2) is 9.13 Å². The first-order valence-corrected chi connectivity index (χ1v) is 8.99. The first kappa shape index (κ1) is 18.0. The van der Waals surface area contributed by atoms with Crippen LogP contribution in [0.2, 0.25) is 10.0 Å². The molecule has 2 heterocycles. The maximum absolute atomic E-state index is 12.2. The standard InChI is InChI=1S/C18H19Cl2N2O3/c1-2-25-18(24)9-13(23)10-21-11-16(22-7-3-4-17(21)22)12-5-6-14(19)15(20)8-12/h5-6,8,11H,2-4,7,9-10H2,1H3/q+1. The van der Waals surface area contributed by atoms with Gasteiger partial charge in [0.05, 0.1) is 29.6 Å². The molecule has 0 amide bonds. The van der Waals surface area contributed by atoms with Gasteiger partial charge in [-0.2, -0.15) is 0 Å². The Kier molecular flexibility index (Phi) is 5.45. The average Bonchev–Trinajstić information content (AvgIpc) is 3.14. The maximum atomic E-state index is 12.2. The third kappa shape index (κ3) is 3.88. The molecule has 5 nitrogen and oxygen atoms in total. The van der Waals surface area contributed by atoms with E-state index in [1.54, 1.807) is 13.0 Å². The minimum Gasteiger partial charge on any atom is -0.466 e. The van der Waals surface area contributed by atoms with Gasteiger partial charge in [-0.3, -0.25) is 9.59 Å². The molecule has 3 rings (SSSR count). The summed E-state index contributed by atoms with van der Waals surface area (Å²) in [5.41, 5.74) is 1.95. The van der Waals surface area contributed by atoms with E-state index in [1.807, 2.05) is 22.9 Å². The highest BCUT2D eigenvalue weighted by Crippen LogP contribution is 2.30. The Balaban J connectivity index is 1.86. The second kappa shape index (κ2) is 7.58. The van der Waals surface area contributed by atoms with Crippen LogP contribution in [-0.2, 0) is 33.8 Å². The van der Waals surface area contributed by atoms with E-state index in [4.69, 9.17) is 27.9 Å². The molecule has 0 saturated carbocycles. The lowest BCUT2D eigenvalue weighted by atomic mass is 10.1. The van der Waals surface area contributed by atoms with Crippen LogP contribution in [0.5, 0.6) is 0 Å². The molecule has 1 aliphatic heterocycles. The van der Waals surface area contributed by atoms with Crippen LogP contribution in [0.4, 0.5) is 0 Å². The summed E-state index contributed by atoms with van der Waals surface area (Å²) >= 11 is 12.1. The third-order valence-electron chi connectivity index (χ3n) is 4.20. The number of carbonyl (C=O) groups excluding carboxylic acids is 2. The molecular weight excluding hydrogens is 363 g/mol. The summed E-state index contributed by atoms with van der Waals surface area (Å²) in [6.07, 6.45) is 3.66. The lowest BCUT2D eigenvalue weighted by Crippen LogP contribution is -2.40. The molecule has 1 aromatic heterocycles. The minimum absolute atomic E-state index is 0.162. The predicted octanol–water partition coefficient (Wildman–Crippen LogP) is 3.22. The predicted molar refractivity (Wildman–Crippen MR) is 94.7 cm³/mol. The van der Waals surface area contributed by atoms with Crippen LogP contribution in [0.1, 0.15) is 25.6 Å². The summed E-state index contributed by atoms with van der Waals surface area (Å²) in [4.78, 5) is 23.7. The number of benzene rings is 1. The Labute approximate surface area is 156 Å². The molecule has 132 valence electrons. The number of imidazole rings is 1. The SMILES string of the molecule is CCOC(=O)CC(=O)C[n+]1cc(-c2ccc(Cl)c(Cl)c2)n2c1CCC2. The third-order valence-corrected chi connectivity index (χ3v) is 4.94. The number of hydrogen-bond acceptors (Lipinski definition) is 3. The second-order valence-electron chi connectivity index (χ2n) is 5.96. The fourth-order valence-corrected chi connectivity index (χ4v) is 3.45. The number of halogens is 2. The van der Waals surface area contributed by atoms with Crippen molar-refractivity contribution in [1.29, 1.82) is 0 Å². The molecule has 2 aromatic rings. The number of fused-ring (bicyclic) bond motifs is 1. The summed E-state index contributed by atoms with van der Waals surface area (Å²) in [5.74, 6) is 0.441. The topological polar surface area (TPSA) is 52.2 Å². The van der Waals surface area contributed by atoms with Gasteiger partial charge >= 0.3 is 5.97 Å². The van der Waals surface area contributed by atoms with Gasteiger partial charge in [0.1, 0.15) is 19.2 Å². The first-order valence-electron chi connectivity index (χ1n) is 8.24. The number of Topliss-reactive ketones (excluding diaryl/α,β-unsaturated/α-hetero) is 1. The van der Waals surface area contributed by atoms with Crippen molar-refractivity contribution in [2.75, 3.05) is 6.61 Å². The largest absolute Gasteiger partial charge is 0.466 e. The quantitative estimate of drug-likeness (QED) is 0.438. The molecule has 1 aromatic carbocycles. The molecule has 0 atom stereocenters. The van der Waals surface area contributed by atoms with Crippen molar-refractivity contribution in [3.63, 3.8) is 0 Å². The highest BCUT2D eigenvalue weighted by Gasteiger charge is 2.30. The van der Waals surface area contributed by atoms with E-state index in [0.717, 1.165) is 36.5 Å². The van der Waals surface area contributed by atoms with E-state index in [2.05, 4.69) is 4.57 Å². The van der Waals surface area contributed by atoms with E-state index in [-0.39, 0.29) is 25.4 Å². The Morgan fingerprint density at radius 1 is 1.28 bits per heavy atom. The van der Waals surface area contributed by atoms with Gasteiger partial charge in [-0.15, -0.1) is 0 Å². The number of nitrogens with zero attached hydrogens (tertiary/aromatic N) is 2. The van der Waals surface area contributed by atoms with Crippen LogP contribution in [0.3, 0.4) is 0 Å². The van der Waals surface area contributed by atoms with Gasteiger partial charge in [0.15, 0.2) is 11.5 Å². The van der Waals surface area contributed by atoms with Crippen molar-refractivity contribution in [3.05, 3.63) is 40.3 Å². The minimum atomic E-state index is -0.478. The van der Waals surface area contributed by atoms with Gasteiger partial charge in [0.2, 0.25) is 0 Å². The Morgan fingerprint density at radius 3 is 2.80 bits per heavy atom. The van der Waals surface area contributed by atoms with Gasteiger partial charge in [0.25, 0.3) is 5.82 Å². The van der Waals surface area contributed by atoms with Crippen LogP contribution >= 0.6 is 23.2 Å². The normalized spacial score (nSPS) is 12.9. The Hall–Kier alpha value is -1.85. The molecular formula is C18H19Cl2N2O3+. The van der Waals surface area contributed by atoms with Crippen LogP contribution in [0.25, 0.3) is 11.3 Å². The van der Waals surface area contributed by atoms with E-state index in [0.29, 0.717) is 10.0 Å². The van der Waals surface area contributed by atoms with Crippen LogP contribution < -0.4 is 4.57 Å². The number of aromatic nitrogens is 2. The van der Waals surface area contributed by atoms with Gasteiger partial charge < -0.3 is 4.74 Å². The highest BCUT2D eigenvalue weighted by molar-refractivity contribution is 6.42. The zero-order valence-electron chi connectivity index (χ0n) is 13.9. The molecule has 0 unspecified atom stereocenters. The second-order valence-corrected chi connectivity index (χ2v) is 6.78. The van der Waals surface area contributed by atoms with Gasteiger partial charge in [-0.05, 0) is 31.5 Å². The summed E-state index contributed by atoms with van der Waals surface area (Å²) < 4.78 is 8.96. The Morgan fingerprint density at radius 2 is 2.08 bits per heavy atom. The van der Waals surface area contributed by atoms with Gasteiger partial charge in [-0.1, -0.05) is 23.2 Å². The summed E-state index contributed by atoms with van der Waals surface area (Å²) in [6.45, 7) is 3.06. The number of carbonyl (C=O) groups is 2. The van der Waals surface area contributed by atoms with Crippen molar-refractivity contribution < 1.29 is 18.9 Å². The number of hydrogen-bond donors (Lipinski definition) is 0. The molecule has 7 heteroatoms.